The Morgan fingerprint density at radius 1 is 1.24 bits per heavy atom. The van der Waals surface area contributed by atoms with Gasteiger partial charge in [0.15, 0.2) is 0 Å². The number of hydrogen-bond donors (Lipinski definition) is 2. The highest BCUT2D eigenvalue weighted by Gasteiger charge is 2.29. The first-order chi connectivity index (χ1) is 10.1. The normalized spacial score (nSPS) is 20.3. The Bertz CT molecular complexity index is 475. The number of carbonyl (C=O) groups excluding carboxylic acids is 1. The van der Waals surface area contributed by atoms with E-state index in [2.05, 4.69) is 30.6 Å². The third-order valence-corrected chi connectivity index (χ3v) is 3.59. The van der Waals surface area contributed by atoms with Crippen molar-refractivity contribution in [1.29, 1.82) is 0 Å². The minimum absolute atomic E-state index is 0.234. The van der Waals surface area contributed by atoms with E-state index in [0.29, 0.717) is 12.6 Å². The number of allylic oxidation sites excluding steroid dienone is 1. The van der Waals surface area contributed by atoms with Crippen molar-refractivity contribution >= 4 is 6.09 Å². The van der Waals surface area contributed by atoms with Crippen LogP contribution in [0.15, 0.2) is 42.0 Å². The second kappa shape index (κ2) is 7.84. The second-order valence-electron chi connectivity index (χ2n) is 5.76. The summed E-state index contributed by atoms with van der Waals surface area (Å²) >= 11 is 0. The average Bonchev–Trinajstić information content (AvgIpc) is 2.43. The summed E-state index contributed by atoms with van der Waals surface area (Å²) in [4.78, 5) is 11.7. The molecule has 4 heteroatoms. The molecule has 0 bridgehead atoms. The summed E-state index contributed by atoms with van der Waals surface area (Å²) < 4.78 is 5.20. The van der Waals surface area contributed by atoms with E-state index in [0.717, 1.165) is 24.9 Å². The number of rotatable bonds is 6. The zero-order valence-electron chi connectivity index (χ0n) is 12.8. The van der Waals surface area contributed by atoms with E-state index in [1.807, 2.05) is 30.3 Å². The van der Waals surface area contributed by atoms with Crippen molar-refractivity contribution in [3.8, 4) is 0 Å². The van der Waals surface area contributed by atoms with Gasteiger partial charge in [-0.15, -0.1) is 0 Å². The lowest BCUT2D eigenvalue weighted by molar-refractivity contribution is 0.126. The smallest absolute Gasteiger partial charge is 0.407 e. The molecular weight excluding hydrogens is 264 g/mol. The predicted molar refractivity (Wildman–Crippen MR) is 84.0 cm³/mol. The van der Waals surface area contributed by atoms with Crippen molar-refractivity contribution in [2.75, 3.05) is 6.54 Å². The fourth-order valence-electron chi connectivity index (χ4n) is 2.26. The van der Waals surface area contributed by atoms with Crippen molar-refractivity contribution in [2.24, 2.45) is 0 Å². The quantitative estimate of drug-likeness (QED) is 0.791. The first kappa shape index (κ1) is 15.6. The number of carbonyl (C=O) groups is 1. The van der Waals surface area contributed by atoms with Crippen LogP contribution in [-0.4, -0.2) is 24.7 Å². The first-order valence-corrected chi connectivity index (χ1v) is 7.47. The standard InChI is InChI=1S/C17H24N2O2/c1-13(2)8-9-18-15-10-16(11-15)19-17(20)21-12-14-6-4-3-5-7-14/h3-8,15-16,18H,9-12H2,1-2H3,(H,19,20). The van der Waals surface area contributed by atoms with Gasteiger partial charge in [0.05, 0.1) is 0 Å². The van der Waals surface area contributed by atoms with Gasteiger partial charge in [0.25, 0.3) is 0 Å². The van der Waals surface area contributed by atoms with Crippen LogP contribution >= 0.6 is 0 Å². The molecule has 1 saturated carbocycles. The maximum atomic E-state index is 11.7. The summed E-state index contributed by atoms with van der Waals surface area (Å²) in [6.45, 7) is 5.41. The van der Waals surface area contributed by atoms with Gasteiger partial charge in [-0.3, -0.25) is 0 Å². The summed E-state index contributed by atoms with van der Waals surface area (Å²) in [6.07, 6.45) is 3.79. The third kappa shape index (κ3) is 5.60. The molecule has 1 aromatic carbocycles. The fourth-order valence-corrected chi connectivity index (χ4v) is 2.26. The molecule has 0 aliphatic heterocycles. The molecule has 0 spiro atoms. The Morgan fingerprint density at radius 2 is 1.95 bits per heavy atom. The number of benzene rings is 1. The van der Waals surface area contributed by atoms with E-state index in [1.165, 1.54) is 5.57 Å². The predicted octanol–water partition coefficient (Wildman–Crippen LogP) is 3.00. The van der Waals surface area contributed by atoms with Crippen molar-refractivity contribution in [3.05, 3.63) is 47.5 Å². The molecule has 0 aromatic heterocycles. The van der Waals surface area contributed by atoms with Gasteiger partial charge >= 0.3 is 6.09 Å². The third-order valence-electron chi connectivity index (χ3n) is 3.59. The van der Waals surface area contributed by atoms with Crippen LogP contribution in [0, 0.1) is 0 Å². The highest BCUT2D eigenvalue weighted by atomic mass is 16.5. The van der Waals surface area contributed by atoms with Crippen LogP contribution in [0.2, 0.25) is 0 Å². The molecular formula is C17H24N2O2. The van der Waals surface area contributed by atoms with E-state index in [1.54, 1.807) is 0 Å². The summed E-state index contributed by atoms with van der Waals surface area (Å²) in [7, 11) is 0. The number of ether oxygens (including phenoxy) is 1. The molecule has 2 N–H and O–H groups in total. The molecule has 1 fully saturated rings. The lowest BCUT2D eigenvalue weighted by Gasteiger charge is -2.35. The van der Waals surface area contributed by atoms with Crippen LogP contribution in [0.5, 0.6) is 0 Å². The van der Waals surface area contributed by atoms with Gasteiger partial charge in [0.2, 0.25) is 0 Å². The van der Waals surface area contributed by atoms with Crippen LogP contribution in [0.25, 0.3) is 0 Å². The van der Waals surface area contributed by atoms with E-state index in [-0.39, 0.29) is 12.1 Å². The van der Waals surface area contributed by atoms with Crippen molar-refractivity contribution < 1.29 is 9.53 Å². The maximum Gasteiger partial charge on any atom is 0.407 e. The first-order valence-electron chi connectivity index (χ1n) is 7.47. The zero-order chi connectivity index (χ0) is 15.1. The summed E-state index contributed by atoms with van der Waals surface area (Å²) in [5.74, 6) is 0. The summed E-state index contributed by atoms with van der Waals surface area (Å²) in [5, 5.41) is 6.34. The molecule has 0 heterocycles. The van der Waals surface area contributed by atoms with Gasteiger partial charge in [0.1, 0.15) is 6.61 Å². The Balaban J connectivity index is 1.57. The van der Waals surface area contributed by atoms with Crippen molar-refractivity contribution in [1.82, 2.24) is 10.6 Å². The topological polar surface area (TPSA) is 50.4 Å². The SMILES string of the molecule is CC(C)=CCNC1CC(NC(=O)OCc2ccccc2)C1. The molecule has 1 aromatic rings. The molecule has 0 saturated heterocycles. The van der Waals surface area contributed by atoms with Gasteiger partial charge in [-0.1, -0.05) is 42.0 Å². The molecule has 0 unspecified atom stereocenters. The van der Waals surface area contributed by atoms with Crippen LogP contribution in [0.3, 0.4) is 0 Å². The van der Waals surface area contributed by atoms with Crippen LogP contribution in [-0.2, 0) is 11.3 Å². The van der Waals surface area contributed by atoms with E-state index in [9.17, 15) is 4.79 Å². The summed E-state index contributed by atoms with van der Waals surface area (Å²) in [6, 6.07) is 10.4. The van der Waals surface area contributed by atoms with Gasteiger partial charge in [-0.05, 0) is 32.3 Å². The Morgan fingerprint density at radius 3 is 2.62 bits per heavy atom. The summed E-state index contributed by atoms with van der Waals surface area (Å²) in [5.41, 5.74) is 2.32. The Hall–Kier alpha value is -1.81. The van der Waals surface area contributed by atoms with Gasteiger partial charge in [0, 0.05) is 18.6 Å². The number of amides is 1. The highest BCUT2D eigenvalue weighted by molar-refractivity contribution is 5.67. The molecule has 0 radical (unpaired) electrons. The Kier molecular flexibility index (Phi) is 5.81. The zero-order valence-corrected chi connectivity index (χ0v) is 12.8. The fraction of sp³-hybridized carbons (Fsp3) is 0.471. The van der Waals surface area contributed by atoms with Crippen molar-refractivity contribution in [2.45, 2.75) is 45.4 Å². The van der Waals surface area contributed by atoms with E-state index in [4.69, 9.17) is 4.74 Å². The number of alkyl carbamates (subject to hydrolysis) is 1. The monoisotopic (exact) mass is 288 g/mol. The minimum Gasteiger partial charge on any atom is -0.445 e. The second-order valence-corrected chi connectivity index (χ2v) is 5.76. The average molecular weight is 288 g/mol. The largest absolute Gasteiger partial charge is 0.445 e. The molecule has 4 nitrogen and oxygen atoms in total. The molecule has 0 atom stereocenters. The van der Waals surface area contributed by atoms with Crippen molar-refractivity contribution in [3.63, 3.8) is 0 Å². The molecule has 1 aliphatic carbocycles. The highest BCUT2D eigenvalue weighted by Crippen LogP contribution is 2.20. The van der Waals surface area contributed by atoms with Crippen LogP contribution < -0.4 is 10.6 Å². The number of nitrogens with one attached hydrogen (secondary N) is 2. The lowest BCUT2D eigenvalue weighted by atomic mass is 9.87. The Labute approximate surface area is 126 Å². The van der Waals surface area contributed by atoms with Crippen LogP contribution in [0.4, 0.5) is 4.79 Å². The molecule has 21 heavy (non-hydrogen) atoms. The van der Waals surface area contributed by atoms with Gasteiger partial charge < -0.3 is 15.4 Å². The lowest BCUT2D eigenvalue weighted by Crippen LogP contribution is -2.52. The van der Waals surface area contributed by atoms with Gasteiger partial charge in [-0.2, -0.15) is 0 Å². The molecule has 114 valence electrons. The van der Waals surface area contributed by atoms with Gasteiger partial charge in [-0.25, -0.2) is 4.79 Å². The number of hydrogen-bond acceptors (Lipinski definition) is 3. The maximum absolute atomic E-state index is 11.7. The molecule has 1 amide bonds. The minimum atomic E-state index is -0.327. The van der Waals surface area contributed by atoms with Crippen LogP contribution in [0.1, 0.15) is 32.3 Å². The van der Waals surface area contributed by atoms with E-state index >= 15 is 0 Å². The molecule has 2 rings (SSSR count). The van der Waals surface area contributed by atoms with E-state index < -0.39 is 0 Å². The molecule has 1 aliphatic rings.